The van der Waals surface area contributed by atoms with Gasteiger partial charge in [0, 0.05) is 13.0 Å². The third-order valence-electron chi connectivity index (χ3n) is 2.33. The van der Waals surface area contributed by atoms with E-state index in [4.69, 9.17) is 14.6 Å². The highest BCUT2D eigenvalue weighted by atomic mass is 16.4. The van der Waals surface area contributed by atoms with Gasteiger partial charge in [0.2, 0.25) is 0 Å². The van der Waals surface area contributed by atoms with Crippen LogP contribution in [0.4, 0.5) is 0 Å². The highest BCUT2D eigenvalue weighted by Gasteiger charge is 2.07. The molecule has 2 rings (SSSR count). The van der Waals surface area contributed by atoms with Crippen LogP contribution >= 0.6 is 0 Å². The van der Waals surface area contributed by atoms with E-state index in [2.05, 4.69) is 4.98 Å². The Hall–Kier alpha value is -2.14. The van der Waals surface area contributed by atoms with E-state index in [9.17, 15) is 4.79 Å². The summed E-state index contributed by atoms with van der Waals surface area (Å²) in [5.74, 6) is -0.548. The van der Waals surface area contributed by atoms with Gasteiger partial charge in [0.15, 0.2) is 11.5 Å². The Balaban J connectivity index is 2.51. The standard InChI is InChI=1S/C12H11NO4/c1-7-13-10-3-2-8(4-11(10)17-7)9(6-14)5-12(15)16/h2-5,14H,6H2,1H3,(H,15,16)/b9-5+. The summed E-state index contributed by atoms with van der Waals surface area (Å²) >= 11 is 0. The van der Waals surface area contributed by atoms with Crippen LogP contribution in [0, 0.1) is 6.92 Å². The molecule has 0 saturated carbocycles. The second kappa shape index (κ2) is 4.39. The Kier molecular flexibility index (Phi) is 2.93. The van der Waals surface area contributed by atoms with Crippen LogP contribution in [0.5, 0.6) is 0 Å². The molecule has 1 heterocycles. The van der Waals surface area contributed by atoms with E-state index >= 15 is 0 Å². The lowest BCUT2D eigenvalue weighted by molar-refractivity contribution is -0.131. The molecule has 17 heavy (non-hydrogen) atoms. The number of aliphatic carboxylic acids is 1. The molecule has 0 spiro atoms. The quantitative estimate of drug-likeness (QED) is 0.786. The van der Waals surface area contributed by atoms with Crippen molar-refractivity contribution in [1.29, 1.82) is 0 Å². The second-order valence-corrected chi connectivity index (χ2v) is 3.58. The number of rotatable bonds is 3. The molecule has 2 aromatic rings. The molecule has 88 valence electrons. The van der Waals surface area contributed by atoms with Crippen molar-refractivity contribution in [1.82, 2.24) is 4.98 Å². The Bertz CT molecular complexity index is 598. The topological polar surface area (TPSA) is 83.6 Å². The monoisotopic (exact) mass is 233 g/mol. The van der Waals surface area contributed by atoms with E-state index in [0.717, 1.165) is 6.08 Å². The minimum Gasteiger partial charge on any atom is -0.478 e. The number of fused-ring (bicyclic) bond motifs is 1. The van der Waals surface area contributed by atoms with Gasteiger partial charge in [0.1, 0.15) is 5.52 Å². The van der Waals surface area contributed by atoms with Crippen molar-refractivity contribution in [2.75, 3.05) is 6.61 Å². The summed E-state index contributed by atoms with van der Waals surface area (Å²) in [5, 5.41) is 17.8. The highest BCUT2D eigenvalue weighted by Crippen LogP contribution is 2.21. The number of hydrogen-bond acceptors (Lipinski definition) is 4. The number of aliphatic hydroxyl groups is 1. The van der Waals surface area contributed by atoms with Gasteiger partial charge in [0.05, 0.1) is 6.61 Å². The molecule has 5 nitrogen and oxygen atoms in total. The first-order valence-electron chi connectivity index (χ1n) is 5.02. The van der Waals surface area contributed by atoms with Crippen molar-refractivity contribution < 1.29 is 19.4 Å². The van der Waals surface area contributed by atoms with E-state index in [0.29, 0.717) is 28.1 Å². The molecule has 1 aromatic carbocycles. The summed E-state index contributed by atoms with van der Waals surface area (Å²) in [4.78, 5) is 14.7. The normalized spacial score (nSPS) is 12.0. The van der Waals surface area contributed by atoms with E-state index in [1.165, 1.54) is 0 Å². The Morgan fingerprint density at radius 1 is 1.53 bits per heavy atom. The number of nitrogens with zero attached hydrogens (tertiary/aromatic N) is 1. The van der Waals surface area contributed by atoms with Crippen molar-refractivity contribution >= 4 is 22.6 Å². The molecule has 0 aliphatic rings. The molecule has 1 aromatic heterocycles. The van der Waals surface area contributed by atoms with E-state index < -0.39 is 5.97 Å². The van der Waals surface area contributed by atoms with Crippen LogP contribution in [0.25, 0.3) is 16.7 Å². The van der Waals surface area contributed by atoms with E-state index in [1.54, 1.807) is 25.1 Å². The van der Waals surface area contributed by atoms with E-state index in [-0.39, 0.29) is 6.61 Å². The fraction of sp³-hybridized carbons (Fsp3) is 0.167. The Morgan fingerprint density at radius 2 is 2.29 bits per heavy atom. The van der Waals surface area contributed by atoms with Gasteiger partial charge in [-0.05, 0) is 23.3 Å². The van der Waals surface area contributed by atoms with Crippen LogP contribution in [-0.4, -0.2) is 27.8 Å². The third kappa shape index (κ3) is 2.34. The van der Waals surface area contributed by atoms with Gasteiger partial charge < -0.3 is 14.6 Å². The maximum absolute atomic E-state index is 10.6. The summed E-state index contributed by atoms with van der Waals surface area (Å²) in [6.45, 7) is 1.39. The zero-order chi connectivity index (χ0) is 12.4. The maximum Gasteiger partial charge on any atom is 0.328 e. The first-order chi connectivity index (χ1) is 8.10. The highest BCUT2D eigenvalue weighted by molar-refractivity contribution is 5.91. The molecule has 5 heteroatoms. The van der Waals surface area contributed by atoms with Gasteiger partial charge in [-0.25, -0.2) is 9.78 Å². The number of benzene rings is 1. The van der Waals surface area contributed by atoms with Crippen LogP contribution < -0.4 is 0 Å². The fourth-order valence-electron chi connectivity index (χ4n) is 1.61. The predicted octanol–water partition coefficient (Wildman–Crippen LogP) is 1.60. The van der Waals surface area contributed by atoms with E-state index in [1.807, 2.05) is 0 Å². The molecule has 0 saturated heterocycles. The summed E-state index contributed by atoms with van der Waals surface area (Å²) in [6.07, 6.45) is 0.977. The molecular formula is C12H11NO4. The zero-order valence-electron chi connectivity index (χ0n) is 9.17. The Labute approximate surface area is 97.0 Å². The van der Waals surface area contributed by atoms with Gasteiger partial charge in [0.25, 0.3) is 0 Å². The van der Waals surface area contributed by atoms with Gasteiger partial charge in [-0.3, -0.25) is 0 Å². The third-order valence-corrected chi connectivity index (χ3v) is 2.33. The molecule has 0 fully saturated rings. The summed E-state index contributed by atoms with van der Waals surface area (Å²) in [7, 11) is 0. The van der Waals surface area contributed by atoms with Crippen molar-refractivity contribution in [3.8, 4) is 0 Å². The number of carboxylic acid groups (broad SMARTS) is 1. The molecule has 0 amide bonds. The van der Waals surface area contributed by atoms with Crippen LogP contribution in [0.2, 0.25) is 0 Å². The average Bonchev–Trinajstić information content (AvgIpc) is 2.64. The lowest BCUT2D eigenvalue weighted by Crippen LogP contribution is -1.96. The number of carboxylic acids is 1. The zero-order valence-corrected chi connectivity index (χ0v) is 9.17. The van der Waals surface area contributed by atoms with Gasteiger partial charge in [-0.15, -0.1) is 0 Å². The maximum atomic E-state index is 10.6. The minimum atomic E-state index is -1.09. The SMILES string of the molecule is Cc1nc2ccc(/C(=C/C(=O)O)CO)cc2o1. The molecule has 0 unspecified atom stereocenters. The summed E-state index contributed by atoms with van der Waals surface area (Å²) < 4.78 is 5.34. The smallest absolute Gasteiger partial charge is 0.328 e. The molecule has 0 radical (unpaired) electrons. The largest absolute Gasteiger partial charge is 0.478 e. The fourth-order valence-corrected chi connectivity index (χ4v) is 1.61. The second-order valence-electron chi connectivity index (χ2n) is 3.58. The number of aryl methyl sites for hydroxylation is 1. The number of oxazole rings is 1. The van der Waals surface area contributed by atoms with Crippen molar-refractivity contribution in [2.45, 2.75) is 6.92 Å². The lowest BCUT2D eigenvalue weighted by atomic mass is 10.1. The van der Waals surface area contributed by atoms with Gasteiger partial charge >= 0.3 is 5.97 Å². The first-order valence-corrected chi connectivity index (χ1v) is 5.02. The number of aliphatic hydroxyl groups excluding tert-OH is 1. The molecule has 2 N–H and O–H groups in total. The molecule has 0 aliphatic carbocycles. The molecule has 0 atom stereocenters. The first kappa shape index (κ1) is 11.3. The predicted molar refractivity (Wildman–Crippen MR) is 61.4 cm³/mol. The van der Waals surface area contributed by atoms with Crippen molar-refractivity contribution in [3.63, 3.8) is 0 Å². The number of hydrogen-bond donors (Lipinski definition) is 2. The minimum absolute atomic E-state index is 0.327. The average molecular weight is 233 g/mol. The van der Waals surface area contributed by atoms with Crippen LogP contribution in [0.3, 0.4) is 0 Å². The van der Waals surface area contributed by atoms with Crippen LogP contribution in [-0.2, 0) is 4.79 Å². The van der Waals surface area contributed by atoms with Crippen molar-refractivity contribution in [3.05, 3.63) is 35.7 Å². The summed E-state index contributed by atoms with van der Waals surface area (Å²) in [6, 6.07) is 5.10. The Morgan fingerprint density at radius 3 is 2.94 bits per heavy atom. The summed E-state index contributed by atoms with van der Waals surface area (Å²) in [5.41, 5.74) is 2.22. The number of carbonyl (C=O) groups is 1. The van der Waals surface area contributed by atoms with Gasteiger partial charge in [-0.1, -0.05) is 6.07 Å². The number of aromatic nitrogens is 1. The molecule has 0 bridgehead atoms. The van der Waals surface area contributed by atoms with Crippen LogP contribution in [0.1, 0.15) is 11.5 Å². The van der Waals surface area contributed by atoms with Crippen LogP contribution in [0.15, 0.2) is 28.7 Å². The van der Waals surface area contributed by atoms with Crippen molar-refractivity contribution in [2.24, 2.45) is 0 Å². The molecular weight excluding hydrogens is 222 g/mol. The van der Waals surface area contributed by atoms with Gasteiger partial charge in [-0.2, -0.15) is 0 Å². The molecule has 0 aliphatic heterocycles. The lowest BCUT2D eigenvalue weighted by Gasteiger charge is -2.02.